The van der Waals surface area contributed by atoms with Gasteiger partial charge in [0.2, 0.25) is 0 Å². The van der Waals surface area contributed by atoms with Gasteiger partial charge in [-0.25, -0.2) is 0 Å². The molecule has 1 aliphatic rings. The summed E-state index contributed by atoms with van der Waals surface area (Å²) in [6.07, 6.45) is 3.84. The molecule has 0 N–H and O–H groups in total. The Hall–Kier alpha value is -0.260. The van der Waals surface area contributed by atoms with Crippen LogP contribution in [0, 0.1) is 5.41 Å². The first-order chi connectivity index (χ1) is 3.60. The van der Waals surface area contributed by atoms with Gasteiger partial charge < -0.3 is 0 Å². The van der Waals surface area contributed by atoms with Gasteiger partial charge in [-0.15, -0.1) is 0 Å². The molecule has 0 heterocycles. The van der Waals surface area contributed by atoms with Crippen molar-refractivity contribution in [3.8, 4) is 0 Å². The highest BCUT2D eigenvalue weighted by Crippen LogP contribution is 2.39. The fourth-order valence-electron chi connectivity index (χ4n) is 1.37. The molecule has 1 rings (SSSR count). The molecule has 1 fully saturated rings. The zero-order valence-electron chi connectivity index (χ0n) is 5.83. The van der Waals surface area contributed by atoms with Crippen LogP contribution < -0.4 is 0 Å². The minimum Gasteiger partial charge on any atom is -0.0998 e. The van der Waals surface area contributed by atoms with Crippen LogP contribution in [-0.4, -0.2) is 0 Å². The van der Waals surface area contributed by atoms with E-state index in [1.54, 1.807) is 0 Å². The predicted molar refractivity (Wildman–Crippen MR) is 36.8 cm³/mol. The largest absolute Gasteiger partial charge is 0.0998 e. The molecule has 0 heteroatoms. The van der Waals surface area contributed by atoms with E-state index in [1.165, 1.54) is 24.8 Å². The molecule has 0 saturated heterocycles. The third kappa shape index (κ3) is 1.12. The first kappa shape index (κ1) is 5.87. The molecule has 0 aromatic carbocycles. The quantitative estimate of drug-likeness (QED) is 0.420. The van der Waals surface area contributed by atoms with E-state index in [-0.39, 0.29) is 0 Å². The fourth-order valence-corrected chi connectivity index (χ4v) is 1.37. The van der Waals surface area contributed by atoms with Crippen molar-refractivity contribution in [3.05, 3.63) is 12.2 Å². The van der Waals surface area contributed by atoms with E-state index in [9.17, 15) is 0 Å². The van der Waals surface area contributed by atoms with Crippen molar-refractivity contribution in [1.82, 2.24) is 0 Å². The number of hydrogen-bond donors (Lipinski definition) is 0. The van der Waals surface area contributed by atoms with Crippen LogP contribution in [0.25, 0.3) is 0 Å². The van der Waals surface area contributed by atoms with E-state index in [1.807, 2.05) is 0 Å². The van der Waals surface area contributed by atoms with Crippen LogP contribution in [0.5, 0.6) is 0 Å². The highest BCUT2D eigenvalue weighted by molar-refractivity contribution is 5.05. The summed E-state index contributed by atoms with van der Waals surface area (Å²) in [5, 5.41) is 0. The number of rotatable bonds is 0. The van der Waals surface area contributed by atoms with Gasteiger partial charge in [0, 0.05) is 0 Å². The summed E-state index contributed by atoms with van der Waals surface area (Å²) in [5.41, 5.74) is 2.01. The van der Waals surface area contributed by atoms with Gasteiger partial charge in [-0.05, 0) is 24.7 Å². The van der Waals surface area contributed by atoms with E-state index >= 15 is 0 Å². The first-order valence-electron chi connectivity index (χ1n) is 3.27. The van der Waals surface area contributed by atoms with E-state index in [0.717, 1.165) is 0 Å². The van der Waals surface area contributed by atoms with Crippen molar-refractivity contribution >= 4 is 0 Å². The van der Waals surface area contributed by atoms with Gasteiger partial charge in [0.05, 0.1) is 0 Å². The van der Waals surface area contributed by atoms with Gasteiger partial charge in [0.1, 0.15) is 0 Å². The lowest BCUT2D eigenvalue weighted by molar-refractivity contribution is 0.389. The van der Waals surface area contributed by atoms with Gasteiger partial charge in [0.25, 0.3) is 0 Å². The van der Waals surface area contributed by atoms with Gasteiger partial charge in [-0.2, -0.15) is 0 Å². The van der Waals surface area contributed by atoms with Crippen LogP contribution in [0.4, 0.5) is 0 Å². The molecule has 8 heavy (non-hydrogen) atoms. The van der Waals surface area contributed by atoms with E-state index in [0.29, 0.717) is 5.41 Å². The van der Waals surface area contributed by atoms with Gasteiger partial charge in [0.15, 0.2) is 0 Å². The van der Waals surface area contributed by atoms with Crippen LogP contribution in [-0.2, 0) is 0 Å². The Kier molecular flexibility index (Phi) is 1.18. The summed E-state index contributed by atoms with van der Waals surface area (Å²) in [5.74, 6) is 0. The molecule has 0 unspecified atom stereocenters. The van der Waals surface area contributed by atoms with Crippen molar-refractivity contribution < 1.29 is 0 Å². The lowest BCUT2D eigenvalue weighted by Crippen LogP contribution is -2.02. The minimum absolute atomic E-state index is 0.567. The Morgan fingerprint density at radius 2 is 2.12 bits per heavy atom. The monoisotopic (exact) mass is 110 g/mol. The van der Waals surface area contributed by atoms with Crippen LogP contribution in [0.3, 0.4) is 0 Å². The highest BCUT2D eigenvalue weighted by Gasteiger charge is 2.24. The summed E-state index contributed by atoms with van der Waals surface area (Å²) in [7, 11) is 0. The Bertz CT molecular complexity index is 109. The van der Waals surface area contributed by atoms with Gasteiger partial charge >= 0.3 is 0 Å². The molecule has 1 saturated carbocycles. The van der Waals surface area contributed by atoms with Crippen LogP contribution in [0.1, 0.15) is 33.1 Å². The van der Waals surface area contributed by atoms with Crippen LogP contribution >= 0.6 is 0 Å². The molecule has 46 valence electrons. The molecule has 0 aromatic heterocycles. The minimum atomic E-state index is 0.567. The molecule has 0 bridgehead atoms. The van der Waals surface area contributed by atoms with Crippen LogP contribution in [0.15, 0.2) is 12.2 Å². The predicted octanol–water partition coefficient (Wildman–Crippen LogP) is 2.75. The smallest absolute Gasteiger partial charge is 0.0271 e. The molecule has 1 aliphatic carbocycles. The Balaban J connectivity index is 2.56. The number of allylic oxidation sites excluding steroid dienone is 1. The summed E-state index contributed by atoms with van der Waals surface area (Å²) >= 11 is 0. The second kappa shape index (κ2) is 1.61. The number of hydrogen-bond acceptors (Lipinski definition) is 0. The molecule has 0 nitrogen and oxygen atoms in total. The maximum Gasteiger partial charge on any atom is -0.0271 e. The Labute approximate surface area is 51.6 Å². The lowest BCUT2D eigenvalue weighted by Gasteiger charge is -2.13. The summed E-state index contributed by atoms with van der Waals surface area (Å²) in [6, 6.07) is 0. The van der Waals surface area contributed by atoms with E-state index in [2.05, 4.69) is 20.4 Å². The molecule has 0 atom stereocenters. The average Bonchev–Trinajstić information content (AvgIpc) is 1.82. The van der Waals surface area contributed by atoms with Gasteiger partial charge in [-0.3, -0.25) is 0 Å². The lowest BCUT2D eigenvalue weighted by atomic mass is 9.92. The second-order valence-corrected chi connectivity index (χ2v) is 3.59. The second-order valence-electron chi connectivity index (χ2n) is 3.59. The highest BCUT2D eigenvalue weighted by atomic mass is 14.3. The zero-order chi connectivity index (χ0) is 6.20. The molecular formula is C8H14. The fraction of sp³-hybridized carbons (Fsp3) is 0.750. The summed E-state index contributed by atoms with van der Waals surface area (Å²) in [4.78, 5) is 0. The van der Waals surface area contributed by atoms with Gasteiger partial charge in [-0.1, -0.05) is 26.0 Å². The first-order valence-corrected chi connectivity index (χ1v) is 3.27. The molecule has 0 aliphatic heterocycles. The van der Waals surface area contributed by atoms with Crippen LogP contribution in [0.2, 0.25) is 0 Å². The third-order valence-corrected chi connectivity index (χ3v) is 1.88. The molecular weight excluding hydrogens is 96.1 g/mol. The van der Waals surface area contributed by atoms with E-state index < -0.39 is 0 Å². The summed E-state index contributed by atoms with van der Waals surface area (Å²) in [6.45, 7) is 8.57. The third-order valence-electron chi connectivity index (χ3n) is 1.88. The maximum absolute atomic E-state index is 3.95. The molecule has 0 aromatic rings. The van der Waals surface area contributed by atoms with Crippen molar-refractivity contribution in [1.29, 1.82) is 0 Å². The van der Waals surface area contributed by atoms with Crippen molar-refractivity contribution in [3.63, 3.8) is 0 Å². The topological polar surface area (TPSA) is 0 Å². The standard InChI is InChI=1S/C8H14/c1-7-4-5-8(2,3)6-7/h1,4-6H2,2-3H3. The molecule has 0 amide bonds. The van der Waals surface area contributed by atoms with Crippen molar-refractivity contribution in [2.75, 3.05) is 0 Å². The normalized spacial score (nSPS) is 26.5. The van der Waals surface area contributed by atoms with Crippen molar-refractivity contribution in [2.45, 2.75) is 33.1 Å². The zero-order valence-corrected chi connectivity index (χ0v) is 5.83. The van der Waals surface area contributed by atoms with E-state index in [4.69, 9.17) is 0 Å². The Morgan fingerprint density at radius 1 is 1.50 bits per heavy atom. The van der Waals surface area contributed by atoms with Crippen molar-refractivity contribution in [2.24, 2.45) is 5.41 Å². The maximum atomic E-state index is 3.95. The summed E-state index contributed by atoms with van der Waals surface area (Å²) < 4.78 is 0. The SMILES string of the molecule is C=C1CCC(C)(C)C1. The Morgan fingerprint density at radius 3 is 2.25 bits per heavy atom. The average molecular weight is 110 g/mol. The molecule has 0 spiro atoms. The molecule has 0 radical (unpaired) electrons.